The van der Waals surface area contributed by atoms with E-state index in [1.165, 1.54) is 6.92 Å². The first-order valence-electron chi connectivity index (χ1n) is 7.79. The average molecular weight is 353 g/mol. The fourth-order valence-electron chi connectivity index (χ4n) is 3.12. The van der Waals surface area contributed by atoms with E-state index in [-0.39, 0.29) is 22.9 Å². The first-order chi connectivity index (χ1) is 11.5. The van der Waals surface area contributed by atoms with E-state index in [0.717, 1.165) is 6.07 Å². The summed E-state index contributed by atoms with van der Waals surface area (Å²) in [7, 11) is 0. The van der Waals surface area contributed by atoms with Gasteiger partial charge in [-0.1, -0.05) is 0 Å². The van der Waals surface area contributed by atoms with Crippen LogP contribution in [-0.2, 0) is 6.18 Å². The number of anilines is 1. The van der Waals surface area contributed by atoms with Gasteiger partial charge in [0.2, 0.25) is 0 Å². The number of nitrogens with zero attached hydrogens (tertiary/aromatic N) is 2. The van der Waals surface area contributed by atoms with Crippen LogP contribution >= 0.6 is 0 Å². The predicted molar refractivity (Wildman–Crippen MR) is 86.1 cm³/mol. The molecule has 1 aliphatic rings. The van der Waals surface area contributed by atoms with Crippen LogP contribution in [0.25, 0.3) is 11.3 Å². The number of aromatic nitrogens is 2. The van der Waals surface area contributed by atoms with Crippen molar-refractivity contribution in [3.63, 3.8) is 0 Å². The third kappa shape index (κ3) is 3.68. The van der Waals surface area contributed by atoms with Crippen molar-refractivity contribution in [1.82, 2.24) is 10.2 Å². The molecule has 0 aliphatic heterocycles. The number of benzene rings is 1. The number of hydrogen-bond donors (Lipinski definition) is 3. The first kappa shape index (κ1) is 17.5. The summed E-state index contributed by atoms with van der Waals surface area (Å²) in [6.45, 7) is 3.24. The lowest BCUT2D eigenvalue weighted by atomic mass is 9.77. The largest absolute Gasteiger partial charge is 0.507 e. The maximum Gasteiger partial charge on any atom is 0.416 e. The second-order valence-electron chi connectivity index (χ2n) is 6.74. The van der Waals surface area contributed by atoms with Gasteiger partial charge in [0.1, 0.15) is 11.6 Å². The highest BCUT2D eigenvalue weighted by Gasteiger charge is 2.38. The average Bonchev–Trinajstić information content (AvgIpc) is 2.45. The fourth-order valence-corrected chi connectivity index (χ4v) is 3.12. The Morgan fingerprint density at radius 3 is 2.36 bits per heavy atom. The van der Waals surface area contributed by atoms with Crippen molar-refractivity contribution < 1.29 is 23.4 Å². The molecule has 0 saturated heterocycles. The maximum atomic E-state index is 12.8. The summed E-state index contributed by atoms with van der Waals surface area (Å²) in [4.78, 5) is 0. The van der Waals surface area contributed by atoms with Gasteiger partial charge in [0.05, 0.1) is 16.9 Å². The van der Waals surface area contributed by atoms with Gasteiger partial charge in [0, 0.05) is 11.6 Å². The quantitative estimate of drug-likeness (QED) is 0.787. The summed E-state index contributed by atoms with van der Waals surface area (Å²) in [5.41, 5.74) is -0.797. The van der Waals surface area contributed by atoms with Crippen molar-refractivity contribution in [1.29, 1.82) is 0 Å². The Kier molecular flexibility index (Phi) is 4.10. The predicted octanol–water partition coefficient (Wildman–Crippen LogP) is 3.50. The molecule has 25 heavy (non-hydrogen) atoms. The van der Waals surface area contributed by atoms with E-state index in [1.807, 2.05) is 0 Å². The molecule has 1 fully saturated rings. The minimum atomic E-state index is -4.52. The molecule has 134 valence electrons. The van der Waals surface area contributed by atoms with Crippen LogP contribution in [0.4, 0.5) is 19.0 Å². The number of phenols is 1. The lowest BCUT2D eigenvalue weighted by molar-refractivity contribution is -0.137. The summed E-state index contributed by atoms with van der Waals surface area (Å²) < 4.78 is 38.4. The van der Waals surface area contributed by atoms with Crippen molar-refractivity contribution >= 4 is 5.82 Å². The molecule has 1 heterocycles. The Bertz CT molecular complexity index is 758. The topological polar surface area (TPSA) is 78.3 Å². The van der Waals surface area contributed by atoms with Crippen LogP contribution in [-0.4, -0.2) is 32.1 Å². The molecule has 1 aromatic carbocycles. The van der Waals surface area contributed by atoms with Crippen LogP contribution in [0, 0.1) is 6.92 Å². The zero-order valence-corrected chi connectivity index (χ0v) is 13.7. The van der Waals surface area contributed by atoms with Gasteiger partial charge in [-0.25, -0.2) is 0 Å². The number of phenolic OH excluding ortho intramolecular Hbond substituents is 1. The van der Waals surface area contributed by atoms with Crippen LogP contribution in [0.3, 0.4) is 0 Å². The van der Waals surface area contributed by atoms with Crippen molar-refractivity contribution in [2.24, 2.45) is 0 Å². The molecule has 0 amide bonds. The number of aliphatic hydroxyl groups is 1. The summed E-state index contributed by atoms with van der Waals surface area (Å²) in [5, 5.41) is 30.8. The van der Waals surface area contributed by atoms with Crippen LogP contribution in [0.15, 0.2) is 24.3 Å². The van der Waals surface area contributed by atoms with Crippen molar-refractivity contribution in [3.05, 3.63) is 35.4 Å². The van der Waals surface area contributed by atoms with Gasteiger partial charge < -0.3 is 15.5 Å². The number of hydrogen-bond acceptors (Lipinski definition) is 5. The van der Waals surface area contributed by atoms with E-state index in [4.69, 9.17) is 0 Å². The molecule has 8 heteroatoms. The number of aryl methyl sites for hydroxylation is 1. The molecular weight excluding hydrogens is 335 g/mol. The standard InChI is InChI=1S/C17H18F3N3O2/c1-9-5-10(17(18,19)20)6-13(24)15(9)12-3-4-14(23-22-12)21-11-7-16(2,25)8-11/h3-6,11,24-25H,7-8H2,1-2H3,(H,21,23)/t11-,16+. The summed E-state index contributed by atoms with van der Waals surface area (Å²) in [6.07, 6.45) is -3.31. The summed E-state index contributed by atoms with van der Waals surface area (Å²) in [6, 6.07) is 5.00. The smallest absolute Gasteiger partial charge is 0.416 e. The van der Waals surface area contributed by atoms with Crippen LogP contribution < -0.4 is 5.32 Å². The molecule has 1 saturated carbocycles. The number of halogens is 3. The molecule has 0 unspecified atom stereocenters. The molecule has 1 aromatic heterocycles. The monoisotopic (exact) mass is 353 g/mol. The molecule has 1 aliphatic carbocycles. The zero-order valence-electron chi connectivity index (χ0n) is 13.7. The second-order valence-corrected chi connectivity index (χ2v) is 6.74. The molecule has 2 aromatic rings. The lowest BCUT2D eigenvalue weighted by Gasteiger charge is -2.41. The van der Waals surface area contributed by atoms with Gasteiger partial charge in [-0.2, -0.15) is 13.2 Å². The molecule has 5 nitrogen and oxygen atoms in total. The number of nitrogens with one attached hydrogen (secondary N) is 1. The van der Waals surface area contributed by atoms with E-state index >= 15 is 0 Å². The molecule has 0 bridgehead atoms. The van der Waals surface area contributed by atoms with E-state index in [2.05, 4.69) is 15.5 Å². The van der Waals surface area contributed by atoms with Gasteiger partial charge in [-0.3, -0.25) is 0 Å². The molecular formula is C17H18F3N3O2. The van der Waals surface area contributed by atoms with E-state index in [0.29, 0.717) is 24.7 Å². The second kappa shape index (κ2) is 5.87. The Balaban J connectivity index is 1.81. The highest BCUT2D eigenvalue weighted by molar-refractivity contribution is 5.71. The minimum Gasteiger partial charge on any atom is -0.507 e. The summed E-state index contributed by atoms with van der Waals surface area (Å²) in [5.74, 6) is 0.0191. The van der Waals surface area contributed by atoms with Crippen molar-refractivity contribution in [2.45, 2.75) is 44.5 Å². The van der Waals surface area contributed by atoms with Crippen molar-refractivity contribution in [3.8, 4) is 17.0 Å². The first-order valence-corrected chi connectivity index (χ1v) is 7.79. The normalized spacial score (nSPS) is 23.2. The molecule has 0 spiro atoms. The Morgan fingerprint density at radius 1 is 1.20 bits per heavy atom. The van der Waals surface area contributed by atoms with E-state index in [9.17, 15) is 23.4 Å². The van der Waals surface area contributed by atoms with Crippen molar-refractivity contribution in [2.75, 3.05) is 5.32 Å². The fraction of sp³-hybridized carbons (Fsp3) is 0.412. The Hall–Kier alpha value is -2.35. The maximum absolute atomic E-state index is 12.8. The zero-order chi connectivity index (χ0) is 18.4. The van der Waals surface area contributed by atoms with Crippen LogP contribution in [0.2, 0.25) is 0 Å². The van der Waals surface area contributed by atoms with Gasteiger partial charge in [-0.05, 0) is 56.5 Å². The molecule has 0 atom stereocenters. The lowest BCUT2D eigenvalue weighted by Crippen LogP contribution is -2.48. The van der Waals surface area contributed by atoms with Gasteiger partial charge in [0.25, 0.3) is 0 Å². The van der Waals surface area contributed by atoms with Gasteiger partial charge >= 0.3 is 6.18 Å². The number of aromatic hydroxyl groups is 1. The third-order valence-corrected chi connectivity index (χ3v) is 4.29. The van der Waals surface area contributed by atoms with E-state index < -0.39 is 23.1 Å². The highest BCUT2D eigenvalue weighted by atomic mass is 19.4. The Labute approximate surface area is 142 Å². The molecule has 3 rings (SSSR count). The summed E-state index contributed by atoms with van der Waals surface area (Å²) >= 11 is 0. The molecule has 3 N–H and O–H groups in total. The van der Waals surface area contributed by atoms with Gasteiger partial charge in [0.15, 0.2) is 0 Å². The highest BCUT2D eigenvalue weighted by Crippen LogP contribution is 2.38. The van der Waals surface area contributed by atoms with Gasteiger partial charge in [-0.15, -0.1) is 10.2 Å². The SMILES string of the molecule is Cc1cc(C(F)(F)F)cc(O)c1-c1ccc(N[C@H]2C[C@@](C)(O)C2)nn1. The van der Waals surface area contributed by atoms with Crippen LogP contribution in [0.1, 0.15) is 30.9 Å². The molecule has 0 radical (unpaired) electrons. The Morgan fingerprint density at radius 2 is 1.88 bits per heavy atom. The number of rotatable bonds is 3. The van der Waals surface area contributed by atoms with E-state index in [1.54, 1.807) is 19.1 Å². The number of alkyl halides is 3. The minimum absolute atomic E-state index is 0.108. The van der Waals surface area contributed by atoms with Crippen LogP contribution in [0.5, 0.6) is 5.75 Å². The third-order valence-electron chi connectivity index (χ3n) is 4.29.